The smallest absolute Gasteiger partial charge is 0.103 e. The molecule has 4 heteroatoms. The Morgan fingerprint density at radius 2 is 2.33 bits per heavy atom. The van der Waals surface area contributed by atoms with Crippen LogP contribution in [0, 0.1) is 11.3 Å². The summed E-state index contributed by atoms with van der Waals surface area (Å²) in [6, 6.07) is 2.38. The molecule has 3 nitrogen and oxygen atoms in total. The van der Waals surface area contributed by atoms with Gasteiger partial charge in [0.2, 0.25) is 0 Å². The van der Waals surface area contributed by atoms with Crippen LogP contribution in [0.15, 0.2) is 0 Å². The molecule has 1 aliphatic rings. The van der Waals surface area contributed by atoms with Crippen LogP contribution in [0.5, 0.6) is 0 Å². The Kier molecular flexibility index (Phi) is 7.73. The standard InChI is InChI=1S/C14H26N2OS/c1-3-16-14(2,12-15)8-4-5-10-18-11-13-7-6-9-17-13/h13,16H,3-11H2,1-2H3. The Morgan fingerprint density at radius 3 is 2.94 bits per heavy atom. The van der Waals surface area contributed by atoms with E-state index in [9.17, 15) is 0 Å². The van der Waals surface area contributed by atoms with Crippen LogP contribution >= 0.6 is 11.8 Å². The molecule has 1 aliphatic heterocycles. The van der Waals surface area contributed by atoms with Crippen LogP contribution in [-0.4, -0.2) is 36.3 Å². The SMILES string of the molecule is CCNC(C)(C#N)CCCCSCC1CCCO1. The van der Waals surface area contributed by atoms with E-state index >= 15 is 0 Å². The second kappa shape index (κ2) is 8.79. The molecule has 104 valence electrons. The number of ether oxygens (including phenoxy) is 1. The zero-order valence-corrected chi connectivity index (χ0v) is 12.5. The lowest BCUT2D eigenvalue weighted by Gasteiger charge is -2.22. The highest BCUT2D eigenvalue weighted by atomic mass is 32.2. The number of hydrogen-bond acceptors (Lipinski definition) is 4. The second-order valence-electron chi connectivity index (χ2n) is 5.14. The highest BCUT2D eigenvalue weighted by Gasteiger charge is 2.21. The Bertz CT molecular complexity index is 261. The molecule has 2 atom stereocenters. The number of nitrogens with one attached hydrogen (secondary N) is 1. The second-order valence-corrected chi connectivity index (χ2v) is 6.29. The quantitative estimate of drug-likeness (QED) is 0.654. The predicted molar refractivity (Wildman–Crippen MR) is 77.8 cm³/mol. The van der Waals surface area contributed by atoms with Gasteiger partial charge in [0, 0.05) is 12.4 Å². The van der Waals surface area contributed by atoms with Gasteiger partial charge in [0.25, 0.3) is 0 Å². The van der Waals surface area contributed by atoms with Gasteiger partial charge in [-0.05, 0) is 51.3 Å². The average Bonchev–Trinajstić information content (AvgIpc) is 2.87. The van der Waals surface area contributed by atoms with Crippen molar-refractivity contribution in [1.29, 1.82) is 5.26 Å². The fourth-order valence-electron chi connectivity index (χ4n) is 2.25. The molecule has 0 radical (unpaired) electrons. The Morgan fingerprint density at radius 1 is 1.50 bits per heavy atom. The first-order valence-electron chi connectivity index (χ1n) is 7.06. The number of nitriles is 1. The molecule has 0 bridgehead atoms. The van der Waals surface area contributed by atoms with E-state index < -0.39 is 0 Å². The third-order valence-electron chi connectivity index (χ3n) is 3.36. The Labute approximate surface area is 116 Å². The van der Waals surface area contributed by atoms with E-state index in [0.717, 1.165) is 31.7 Å². The molecule has 2 unspecified atom stereocenters. The maximum Gasteiger partial charge on any atom is 0.103 e. The molecule has 0 saturated carbocycles. The van der Waals surface area contributed by atoms with Crippen LogP contribution in [-0.2, 0) is 4.74 Å². The highest BCUT2D eigenvalue weighted by molar-refractivity contribution is 7.99. The van der Waals surface area contributed by atoms with Crippen molar-refractivity contribution in [2.75, 3.05) is 24.7 Å². The van der Waals surface area contributed by atoms with Gasteiger partial charge in [0.1, 0.15) is 5.54 Å². The number of rotatable bonds is 9. The molecule has 0 aliphatic carbocycles. The van der Waals surface area contributed by atoms with Gasteiger partial charge < -0.3 is 4.74 Å². The molecule has 18 heavy (non-hydrogen) atoms. The normalized spacial score (nSPS) is 22.6. The van der Waals surface area contributed by atoms with E-state index in [0.29, 0.717) is 6.10 Å². The first-order valence-corrected chi connectivity index (χ1v) is 8.21. The summed E-state index contributed by atoms with van der Waals surface area (Å²) < 4.78 is 5.59. The third-order valence-corrected chi connectivity index (χ3v) is 4.54. The van der Waals surface area contributed by atoms with Gasteiger partial charge in [-0.2, -0.15) is 17.0 Å². The number of nitrogens with zero attached hydrogens (tertiary/aromatic N) is 1. The Hall–Kier alpha value is -0.240. The number of hydrogen-bond donors (Lipinski definition) is 1. The van der Waals surface area contributed by atoms with E-state index in [1.165, 1.54) is 25.0 Å². The van der Waals surface area contributed by atoms with Crippen LogP contribution in [0.2, 0.25) is 0 Å². The van der Waals surface area contributed by atoms with E-state index in [1.54, 1.807) is 0 Å². The van der Waals surface area contributed by atoms with Crippen LogP contribution in [0.1, 0.15) is 46.0 Å². The lowest BCUT2D eigenvalue weighted by Crippen LogP contribution is -2.40. The van der Waals surface area contributed by atoms with Crippen molar-refractivity contribution in [3.8, 4) is 6.07 Å². The number of thioether (sulfide) groups is 1. The van der Waals surface area contributed by atoms with Gasteiger partial charge in [-0.1, -0.05) is 6.92 Å². The van der Waals surface area contributed by atoms with Gasteiger partial charge in [-0.3, -0.25) is 5.32 Å². The van der Waals surface area contributed by atoms with Crippen molar-refractivity contribution in [1.82, 2.24) is 5.32 Å². The summed E-state index contributed by atoms with van der Waals surface area (Å²) in [7, 11) is 0. The van der Waals surface area contributed by atoms with Crippen molar-refractivity contribution < 1.29 is 4.74 Å². The molecular formula is C14H26N2OS. The third kappa shape index (κ3) is 6.08. The molecular weight excluding hydrogens is 244 g/mol. The summed E-state index contributed by atoms with van der Waals surface area (Å²) in [4.78, 5) is 0. The lowest BCUT2D eigenvalue weighted by atomic mass is 9.97. The Balaban J connectivity index is 1.98. The molecule has 1 heterocycles. The maximum atomic E-state index is 9.13. The van der Waals surface area contributed by atoms with E-state index in [2.05, 4.69) is 11.4 Å². The molecule has 0 spiro atoms. The zero-order valence-electron chi connectivity index (χ0n) is 11.7. The molecule has 1 N–H and O–H groups in total. The van der Waals surface area contributed by atoms with Crippen LogP contribution in [0.4, 0.5) is 0 Å². The van der Waals surface area contributed by atoms with Crippen LogP contribution in [0.3, 0.4) is 0 Å². The molecule has 1 rings (SSSR count). The van der Waals surface area contributed by atoms with E-state index in [1.807, 2.05) is 25.6 Å². The summed E-state index contributed by atoms with van der Waals surface area (Å²) in [5.41, 5.74) is -0.339. The van der Waals surface area contributed by atoms with E-state index in [-0.39, 0.29) is 5.54 Å². The fraction of sp³-hybridized carbons (Fsp3) is 0.929. The van der Waals surface area contributed by atoms with Crippen molar-refractivity contribution >= 4 is 11.8 Å². The topological polar surface area (TPSA) is 45.0 Å². The summed E-state index contributed by atoms with van der Waals surface area (Å²) in [6.45, 7) is 5.86. The monoisotopic (exact) mass is 270 g/mol. The first kappa shape index (κ1) is 15.8. The molecule has 0 aromatic rings. The van der Waals surface area contributed by atoms with Crippen LogP contribution < -0.4 is 5.32 Å². The summed E-state index contributed by atoms with van der Waals surface area (Å²) in [6.07, 6.45) is 6.23. The minimum absolute atomic E-state index is 0.339. The van der Waals surface area contributed by atoms with Gasteiger partial charge >= 0.3 is 0 Å². The predicted octanol–water partition coefficient (Wildman–Crippen LogP) is 2.96. The first-order chi connectivity index (χ1) is 8.70. The molecule has 0 aromatic carbocycles. The minimum atomic E-state index is -0.339. The lowest BCUT2D eigenvalue weighted by molar-refractivity contribution is 0.129. The molecule has 1 saturated heterocycles. The molecule has 0 aromatic heterocycles. The molecule has 0 amide bonds. The summed E-state index contributed by atoms with van der Waals surface area (Å²) >= 11 is 1.99. The van der Waals surface area contributed by atoms with Gasteiger partial charge in [-0.25, -0.2) is 0 Å². The summed E-state index contributed by atoms with van der Waals surface area (Å²) in [5.74, 6) is 2.33. The van der Waals surface area contributed by atoms with Gasteiger partial charge in [-0.15, -0.1) is 0 Å². The highest BCUT2D eigenvalue weighted by Crippen LogP contribution is 2.19. The van der Waals surface area contributed by atoms with Gasteiger partial charge in [0.15, 0.2) is 0 Å². The van der Waals surface area contributed by atoms with Crippen LogP contribution in [0.25, 0.3) is 0 Å². The zero-order chi connectivity index (χ0) is 13.3. The summed E-state index contributed by atoms with van der Waals surface area (Å²) in [5, 5.41) is 12.4. The van der Waals surface area contributed by atoms with E-state index in [4.69, 9.17) is 10.00 Å². The van der Waals surface area contributed by atoms with Gasteiger partial charge in [0.05, 0.1) is 12.2 Å². The maximum absolute atomic E-state index is 9.13. The minimum Gasteiger partial charge on any atom is -0.377 e. The average molecular weight is 270 g/mol. The van der Waals surface area contributed by atoms with Crippen molar-refractivity contribution in [2.24, 2.45) is 0 Å². The largest absolute Gasteiger partial charge is 0.377 e. The van der Waals surface area contributed by atoms with Crippen molar-refractivity contribution in [3.63, 3.8) is 0 Å². The number of unbranched alkanes of at least 4 members (excludes halogenated alkanes) is 1. The van der Waals surface area contributed by atoms with Crippen molar-refractivity contribution in [2.45, 2.75) is 57.6 Å². The fourth-order valence-corrected chi connectivity index (χ4v) is 3.35. The van der Waals surface area contributed by atoms with Crippen molar-refractivity contribution in [3.05, 3.63) is 0 Å². The molecule has 1 fully saturated rings.